The number of carboxylic acid groups (broad SMARTS) is 1. The van der Waals surface area contributed by atoms with Crippen LogP contribution >= 0.6 is 11.3 Å². The Morgan fingerprint density at radius 2 is 2.00 bits per heavy atom. The van der Waals surface area contributed by atoms with Crippen LogP contribution in [0.25, 0.3) is 10.4 Å². The number of aryl methyl sites for hydroxylation is 1. The number of carbonyl (C=O) groups excluding carboxylic acids is 1. The van der Waals surface area contributed by atoms with E-state index in [1.807, 2.05) is 39.0 Å². The second-order valence-electron chi connectivity index (χ2n) is 9.50. The largest absolute Gasteiger partial charge is 0.481 e. The predicted octanol–water partition coefficient (Wildman–Crippen LogP) is 3.85. The zero-order valence-electron chi connectivity index (χ0n) is 19.2. The number of hydrogen-bond donors (Lipinski definition) is 4. The second-order valence-corrected chi connectivity index (χ2v) is 10.5. The molecule has 34 heavy (non-hydrogen) atoms. The molecule has 0 saturated heterocycles. The molecule has 9 nitrogen and oxygen atoms in total. The molecule has 2 aromatic heterocycles. The van der Waals surface area contributed by atoms with Gasteiger partial charge in [0, 0.05) is 18.1 Å². The van der Waals surface area contributed by atoms with Crippen LogP contribution in [0.15, 0.2) is 36.7 Å². The van der Waals surface area contributed by atoms with Crippen LogP contribution in [0, 0.1) is 18.3 Å². The summed E-state index contributed by atoms with van der Waals surface area (Å²) < 4.78 is 0. The van der Waals surface area contributed by atoms with Gasteiger partial charge in [0.05, 0.1) is 10.8 Å². The first-order chi connectivity index (χ1) is 16.0. The van der Waals surface area contributed by atoms with Gasteiger partial charge < -0.3 is 21.3 Å². The number of primary amides is 1. The van der Waals surface area contributed by atoms with Crippen LogP contribution in [0.5, 0.6) is 0 Å². The van der Waals surface area contributed by atoms with Crippen molar-refractivity contribution in [3.63, 3.8) is 0 Å². The summed E-state index contributed by atoms with van der Waals surface area (Å²) in [5, 5.41) is 24.6. The van der Waals surface area contributed by atoms with E-state index < -0.39 is 28.8 Å². The Labute approximate surface area is 201 Å². The Morgan fingerprint density at radius 1 is 1.24 bits per heavy atom. The normalized spacial score (nSPS) is 21.7. The van der Waals surface area contributed by atoms with E-state index in [0.717, 1.165) is 21.7 Å². The standard InChI is InChI=1S/C24H27N5O4S/c1-13-8-14(10-15(9-13)28-22-26-7-5-17(29-22)19(25)30)18-11-27-21(34-18)24(33)6-4-16(20(31)32)23(2,3)12-24/h5,7-11,16,33H,4,6,12H2,1-3H3,(H2,25,30)(H,31,32)(H,26,28,29)/t16-,24-/m1/s1. The minimum absolute atomic E-state index is 0.117. The topological polar surface area (TPSA) is 151 Å². The maximum Gasteiger partial charge on any atom is 0.307 e. The van der Waals surface area contributed by atoms with Crippen molar-refractivity contribution in [2.24, 2.45) is 17.1 Å². The van der Waals surface area contributed by atoms with Gasteiger partial charge in [-0.2, -0.15) is 0 Å². The molecule has 0 bridgehead atoms. The SMILES string of the molecule is Cc1cc(Nc2nccc(C(N)=O)n2)cc(-c2cnc([C@@]3(O)CC[C@H](C(=O)O)C(C)(C)C3)s2)c1. The third kappa shape index (κ3) is 4.78. The van der Waals surface area contributed by atoms with Crippen molar-refractivity contribution in [2.75, 3.05) is 5.32 Å². The lowest BCUT2D eigenvalue weighted by Gasteiger charge is -2.44. The predicted molar refractivity (Wildman–Crippen MR) is 129 cm³/mol. The number of aliphatic carboxylic acids is 1. The van der Waals surface area contributed by atoms with Crippen molar-refractivity contribution in [3.8, 4) is 10.4 Å². The Hall–Kier alpha value is -3.37. The van der Waals surface area contributed by atoms with E-state index in [1.165, 1.54) is 23.6 Å². The molecule has 1 aliphatic carbocycles. The summed E-state index contributed by atoms with van der Waals surface area (Å²) in [5.74, 6) is -1.69. The number of thiazole rings is 1. The number of carbonyl (C=O) groups is 2. The van der Waals surface area contributed by atoms with E-state index in [9.17, 15) is 19.8 Å². The molecule has 5 N–H and O–H groups in total. The molecule has 2 atom stereocenters. The molecule has 3 aromatic rings. The highest BCUT2D eigenvalue weighted by Crippen LogP contribution is 2.50. The third-order valence-electron chi connectivity index (χ3n) is 6.27. The van der Waals surface area contributed by atoms with Crippen LogP contribution in [-0.2, 0) is 10.4 Å². The van der Waals surface area contributed by atoms with Crippen LogP contribution in [0.3, 0.4) is 0 Å². The smallest absolute Gasteiger partial charge is 0.307 e. The lowest BCUT2D eigenvalue weighted by Crippen LogP contribution is -2.44. The molecule has 0 spiro atoms. The summed E-state index contributed by atoms with van der Waals surface area (Å²) in [7, 11) is 0. The van der Waals surface area contributed by atoms with E-state index in [4.69, 9.17) is 5.73 Å². The lowest BCUT2D eigenvalue weighted by molar-refractivity contribution is -0.154. The van der Waals surface area contributed by atoms with Gasteiger partial charge in [-0.15, -0.1) is 11.3 Å². The van der Waals surface area contributed by atoms with E-state index in [2.05, 4.69) is 20.3 Å². The van der Waals surface area contributed by atoms with Gasteiger partial charge in [0.15, 0.2) is 0 Å². The fraction of sp³-hybridized carbons (Fsp3) is 0.375. The van der Waals surface area contributed by atoms with Gasteiger partial charge >= 0.3 is 5.97 Å². The van der Waals surface area contributed by atoms with Crippen molar-refractivity contribution in [3.05, 3.63) is 52.9 Å². The Kier molecular flexibility index (Phi) is 6.13. The zero-order valence-corrected chi connectivity index (χ0v) is 20.0. The maximum atomic E-state index is 11.6. The summed E-state index contributed by atoms with van der Waals surface area (Å²) in [6.45, 7) is 5.73. The highest BCUT2D eigenvalue weighted by atomic mass is 32.1. The molecule has 178 valence electrons. The molecule has 1 amide bonds. The highest BCUT2D eigenvalue weighted by Gasteiger charge is 2.49. The summed E-state index contributed by atoms with van der Waals surface area (Å²) in [5.41, 5.74) is 6.33. The van der Waals surface area contributed by atoms with Gasteiger partial charge in [0.25, 0.3) is 5.91 Å². The number of nitrogens with zero attached hydrogens (tertiary/aromatic N) is 3. The molecule has 1 fully saturated rings. The van der Waals surface area contributed by atoms with Gasteiger partial charge in [-0.05, 0) is 60.9 Å². The van der Waals surface area contributed by atoms with E-state index >= 15 is 0 Å². The monoisotopic (exact) mass is 481 g/mol. The first-order valence-corrected chi connectivity index (χ1v) is 11.7. The zero-order chi connectivity index (χ0) is 24.7. The first kappa shape index (κ1) is 23.8. The van der Waals surface area contributed by atoms with Gasteiger partial charge in [0.2, 0.25) is 5.95 Å². The van der Waals surface area contributed by atoms with E-state index in [1.54, 1.807) is 6.20 Å². The maximum absolute atomic E-state index is 11.6. The summed E-state index contributed by atoms with van der Waals surface area (Å²) in [6.07, 6.45) is 4.28. The highest BCUT2D eigenvalue weighted by molar-refractivity contribution is 7.15. The van der Waals surface area contributed by atoms with Crippen LogP contribution in [0.1, 0.15) is 54.2 Å². The van der Waals surface area contributed by atoms with Crippen molar-refractivity contribution >= 4 is 34.8 Å². The van der Waals surface area contributed by atoms with Gasteiger partial charge in [-0.1, -0.05) is 19.9 Å². The minimum atomic E-state index is -1.16. The van der Waals surface area contributed by atoms with Gasteiger partial charge in [-0.3, -0.25) is 9.59 Å². The minimum Gasteiger partial charge on any atom is -0.481 e. The molecule has 0 aliphatic heterocycles. The van der Waals surface area contributed by atoms with Crippen molar-refractivity contribution < 1.29 is 19.8 Å². The van der Waals surface area contributed by atoms with Crippen LogP contribution in [0.2, 0.25) is 0 Å². The molecular formula is C24H27N5O4S. The number of carboxylic acids is 1. The number of benzene rings is 1. The first-order valence-electron chi connectivity index (χ1n) is 10.9. The number of rotatable bonds is 6. The van der Waals surface area contributed by atoms with Crippen molar-refractivity contribution in [2.45, 2.75) is 45.6 Å². The Morgan fingerprint density at radius 3 is 2.68 bits per heavy atom. The number of amides is 1. The summed E-state index contributed by atoms with van der Waals surface area (Å²) in [4.78, 5) is 36.7. The average Bonchev–Trinajstić information content (AvgIpc) is 3.24. The average molecular weight is 482 g/mol. The molecule has 1 saturated carbocycles. The number of hydrogen-bond acceptors (Lipinski definition) is 8. The van der Waals surface area contributed by atoms with Crippen LogP contribution in [0.4, 0.5) is 11.6 Å². The van der Waals surface area contributed by atoms with E-state index in [0.29, 0.717) is 24.3 Å². The van der Waals surface area contributed by atoms with Crippen molar-refractivity contribution in [1.82, 2.24) is 15.0 Å². The van der Waals surface area contributed by atoms with Crippen LogP contribution in [-0.4, -0.2) is 37.0 Å². The van der Waals surface area contributed by atoms with E-state index in [-0.39, 0.29) is 11.6 Å². The molecule has 10 heteroatoms. The fourth-order valence-corrected chi connectivity index (χ4v) is 5.70. The Bertz CT molecular complexity index is 1260. The lowest BCUT2D eigenvalue weighted by atomic mass is 9.63. The summed E-state index contributed by atoms with van der Waals surface area (Å²) in [6, 6.07) is 7.30. The van der Waals surface area contributed by atoms with Gasteiger partial charge in [-0.25, -0.2) is 15.0 Å². The molecule has 1 aliphatic rings. The third-order valence-corrected chi connectivity index (χ3v) is 7.51. The molecule has 4 rings (SSSR count). The summed E-state index contributed by atoms with van der Waals surface area (Å²) >= 11 is 1.40. The molecule has 2 heterocycles. The quantitative estimate of drug-likeness (QED) is 0.414. The molecule has 0 unspecified atom stereocenters. The second kappa shape index (κ2) is 8.77. The fourth-order valence-electron chi connectivity index (χ4n) is 4.68. The Balaban J connectivity index is 1.59. The number of anilines is 2. The molecular weight excluding hydrogens is 454 g/mol. The number of aliphatic hydroxyl groups is 1. The number of aromatic nitrogens is 3. The van der Waals surface area contributed by atoms with Crippen molar-refractivity contribution in [1.29, 1.82) is 0 Å². The molecule has 0 radical (unpaired) electrons. The van der Waals surface area contributed by atoms with Gasteiger partial charge in [0.1, 0.15) is 16.3 Å². The number of nitrogens with one attached hydrogen (secondary N) is 1. The molecule has 1 aromatic carbocycles. The van der Waals surface area contributed by atoms with Crippen LogP contribution < -0.4 is 11.1 Å². The number of nitrogens with two attached hydrogens (primary N) is 1.